The average molecular weight is 343 g/mol. The highest BCUT2D eigenvalue weighted by molar-refractivity contribution is 7.09. The van der Waals surface area contributed by atoms with E-state index in [1.807, 2.05) is 6.20 Å². The number of rotatable bonds is 10. The van der Waals surface area contributed by atoms with Crippen molar-refractivity contribution in [2.24, 2.45) is 5.92 Å². The first-order valence-corrected chi connectivity index (χ1v) is 9.91. The van der Waals surface area contributed by atoms with Crippen LogP contribution in [-0.2, 0) is 6.42 Å². The molecule has 0 aliphatic heterocycles. The highest BCUT2D eigenvalue weighted by atomic mass is 32.1. The van der Waals surface area contributed by atoms with Crippen molar-refractivity contribution in [3.05, 3.63) is 58.2 Å². The fourth-order valence-corrected chi connectivity index (χ4v) is 3.77. The van der Waals surface area contributed by atoms with E-state index in [1.54, 1.807) is 11.3 Å². The zero-order chi connectivity index (χ0) is 17.2. The van der Waals surface area contributed by atoms with Crippen LogP contribution in [0.3, 0.4) is 0 Å². The molecule has 130 valence electrons. The lowest BCUT2D eigenvalue weighted by Gasteiger charge is -2.26. The molecule has 0 fully saturated rings. The third-order valence-electron chi connectivity index (χ3n) is 4.36. The van der Waals surface area contributed by atoms with Crippen LogP contribution in [0.1, 0.15) is 49.6 Å². The molecule has 0 bridgehead atoms. The molecule has 1 unspecified atom stereocenters. The van der Waals surface area contributed by atoms with Crippen molar-refractivity contribution in [3.63, 3.8) is 0 Å². The van der Waals surface area contributed by atoms with Crippen LogP contribution in [-0.4, -0.2) is 24.0 Å². The van der Waals surface area contributed by atoms with Crippen LogP contribution in [0.25, 0.3) is 6.08 Å². The Bertz CT molecular complexity index is 588. The number of unbranched alkanes of at least 4 members (excludes halogenated alkanes) is 3. The van der Waals surface area contributed by atoms with Gasteiger partial charge < -0.3 is 4.90 Å². The zero-order valence-electron chi connectivity index (χ0n) is 15.2. The van der Waals surface area contributed by atoms with Crippen molar-refractivity contribution in [2.45, 2.75) is 45.4 Å². The smallest absolute Gasteiger partial charge is 0.0931 e. The Morgan fingerprint density at radius 3 is 2.58 bits per heavy atom. The molecular weight excluding hydrogens is 312 g/mol. The first kappa shape index (κ1) is 18.7. The standard InChI is InChI=1S/C21H30N2S/c1-4-5-6-10-13-19(17-21-22-14-15-24-21)20(23(2)3)16-18-11-8-7-9-12-18/h7-9,11-12,14-16,19H,4-6,10,13,17H2,1-3H3. The molecule has 0 amide bonds. The molecule has 0 saturated carbocycles. The maximum Gasteiger partial charge on any atom is 0.0931 e. The van der Waals surface area contributed by atoms with Gasteiger partial charge in [-0.15, -0.1) is 11.3 Å². The Morgan fingerprint density at radius 1 is 1.17 bits per heavy atom. The quantitative estimate of drug-likeness (QED) is 0.502. The zero-order valence-corrected chi connectivity index (χ0v) is 16.1. The van der Waals surface area contributed by atoms with E-state index < -0.39 is 0 Å². The molecule has 0 aliphatic rings. The highest BCUT2D eigenvalue weighted by Gasteiger charge is 2.18. The Hall–Kier alpha value is -1.61. The van der Waals surface area contributed by atoms with Crippen LogP contribution < -0.4 is 0 Å². The number of thiazole rings is 1. The summed E-state index contributed by atoms with van der Waals surface area (Å²) in [5, 5.41) is 3.33. The number of benzene rings is 1. The minimum atomic E-state index is 0.531. The van der Waals surface area contributed by atoms with Crippen LogP contribution in [0.15, 0.2) is 47.6 Å². The van der Waals surface area contributed by atoms with Crippen LogP contribution >= 0.6 is 11.3 Å². The Kier molecular flexibility index (Phi) is 8.03. The maximum absolute atomic E-state index is 4.52. The molecule has 1 atom stereocenters. The third kappa shape index (κ3) is 6.12. The topological polar surface area (TPSA) is 16.1 Å². The van der Waals surface area contributed by atoms with Crippen molar-refractivity contribution in [1.82, 2.24) is 9.88 Å². The van der Waals surface area contributed by atoms with Crippen molar-refractivity contribution < 1.29 is 0 Å². The summed E-state index contributed by atoms with van der Waals surface area (Å²) in [6.07, 6.45) is 11.8. The first-order valence-electron chi connectivity index (χ1n) is 9.03. The van der Waals surface area contributed by atoms with Gasteiger partial charge in [-0.3, -0.25) is 0 Å². The van der Waals surface area contributed by atoms with Gasteiger partial charge in [-0.1, -0.05) is 62.9 Å². The van der Waals surface area contributed by atoms with E-state index in [9.17, 15) is 0 Å². The summed E-state index contributed by atoms with van der Waals surface area (Å²) in [5.74, 6) is 0.531. The third-order valence-corrected chi connectivity index (χ3v) is 5.16. The molecule has 3 heteroatoms. The molecular formula is C21H30N2S. The Morgan fingerprint density at radius 2 is 1.96 bits per heavy atom. The van der Waals surface area contributed by atoms with E-state index in [2.05, 4.69) is 72.7 Å². The van der Waals surface area contributed by atoms with Crippen LogP contribution in [0.2, 0.25) is 0 Å². The molecule has 1 heterocycles. The Balaban J connectivity index is 2.17. The van der Waals surface area contributed by atoms with E-state index in [4.69, 9.17) is 0 Å². The van der Waals surface area contributed by atoms with Gasteiger partial charge in [0, 0.05) is 43.7 Å². The van der Waals surface area contributed by atoms with Crippen molar-refractivity contribution >= 4 is 17.4 Å². The van der Waals surface area contributed by atoms with E-state index in [-0.39, 0.29) is 0 Å². The molecule has 2 aromatic rings. The predicted molar refractivity (Wildman–Crippen MR) is 106 cm³/mol. The van der Waals surface area contributed by atoms with E-state index in [1.165, 1.54) is 48.4 Å². The summed E-state index contributed by atoms with van der Waals surface area (Å²) in [6, 6.07) is 10.7. The molecule has 0 N–H and O–H groups in total. The lowest BCUT2D eigenvalue weighted by molar-refractivity contribution is 0.390. The van der Waals surface area contributed by atoms with Crippen molar-refractivity contribution in [3.8, 4) is 0 Å². The fraction of sp³-hybridized carbons (Fsp3) is 0.476. The largest absolute Gasteiger partial charge is 0.381 e. The van der Waals surface area contributed by atoms with E-state index >= 15 is 0 Å². The number of hydrogen-bond donors (Lipinski definition) is 0. The van der Waals surface area contributed by atoms with Crippen molar-refractivity contribution in [2.75, 3.05) is 14.1 Å². The lowest BCUT2D eigenvalue weighted by atomic mass is 9.92. The average Bonchev–Trinajstić information content (AvgIpc) is 3.09. The number of hydrogen-bond acceptors (Lipinski definition) is 3. The summed E-state index contributed by atoms with van der Waals surface area (Å²) < 4.78 is 0. The predicted octanol–water partition coefficient (Wildman–Crippen LogP) is 5.87. The van der Waals surface area contributed by atoms with E-state index in [0.29, 0.717) is 5.92 Å². The van der Waals surface area contributed by atoms with Crippen LogP contribution in [0.5, 0.6) is 0 Å². The molecule has 2 nitrogen and oxygen atoms in total. The molecule has 0 aliphatic carbocycles. The van der Waals surface area contributed by atoms with Crippen LogP contribution in [0, 0.1) is 5.92 Å². The second-order valence-electron chi connectivity index (χ2n) is 6.55. The number of allylic oxidation sites excluding steroid dienone is 1. The molecule has 1 aromatic heterocycles. The molecule has 0 spiro atoms. The van der Waals surface area contributed by atoms with Gasteiger partial charge in [0.2, 0.25) is 0 Å². The van der Waals surface area contributed by atoms with Gasteiger partial charge in [0.25, 0.3) is 0 Å². The van der Waals surface area contributed by atoms with Gasteiger partial charge >= 0.3 is 0 Å². The molecule has 1 aromatic carbocycles. The van der Waals surface area contributed by atoms with Gasteiger partial charge in [0.15, 0.2) is 0 Å². The van der Waals surface area contributed by atoms with Gasteiger partial charge in [-0.05, 0) is 18.1 Å². The molecule has 2 rings (SSSR count). The van der Waals surface area contributed by atoms with Crippen LogP contribution in [0.4, 0.5) is 0 Å². The molecule has 0 saturated heterocycles. The number of nitrogens with zero attached hydrogens (tertiary/aromatic N) is 2. The maximum atomic E-state index is 4.52. The minimum Gasteiger partial charge on any atom is -0.381 e. The van der Waals surface area contributed by atoms with Gasteiger partial charge in [-0.2, -0.15) is 0 Å². The van der Waals surface area contributed by atoms with Gasteiger partial charge in [-0.25, -0.2) is 4.98 Å². The van der Waals surface area contributed by atoms with Gasteiger partial charge in [0.1, 0.15) is 0 Å². The van der Waals surface area contributed by atoms with Crippen molar-refractivity contribution in [1.29, 1.82) is 0 Å². The number of aromatic nitrogens is 1. The van der Waals surface area contributed by atoms with Gasteiger partial charge in [0.05, 0.1) is 5.01 Å². The molecule has 0 radical (unpaired) electrons. The first-order chi connectivity index (χ1) is 11.7. The second kappa shape index (κ2) is 10.3. The summed E-state index contributed by atoms with van der Waals surface area (Å²) in [7, 11) is 4.32. The minimum absolute atomic E-state index is 0.531. The summed E-state index contributed by atoms with van der Waals surface area (Å²) in [4.78, 5) is 6.80. The monoisotopic (exact) mass is 342 g/mol. The lowest BCUT2D eigenvalue weighted by Crippen LogP contribution is -2.21. The Labute approximate surface area is 151 Å². The highest BCUT2D eigenvalue weighted by Crippen LogP contribution is 2.27. The molecule has 24 heavy (non-hydrogen) atoms. The van der Waals surface area contributed by atoms with E-state index in [0.717, 1.165) is 6.42 Å². The summed E-state index contributed by atoms with van der Waals surface area (Å²) >= 11 is 1.77. The normalized spacial score (nSPS) is 13.0. The summed E-state index contributed by atoms with van der Waals surface area (Å²) in [6.45, 7) is 2.27. The SMILES string of the molecule is CCCCCCC(Cc1nccs1)C(=Cc1ccccc1)N(C)C. The summed E-state index contributed by atoms with van der Waals surface area (Å²) in [5.41, 5.74) is 2.69. The fourth-order valence-electron chi connectivity index (χ4n) is 3.07. The second-order valence-corrected chi connectivity index (χ2v) is 7.53.